The topological polar surface area (TPSA) is 59.2 Å². The molecule has 0 aromatic carbocycles. The molecule has 3 fully saturated rings. The molecule has 24 heavy (non-hydrogen) atoms. The Labute approximate surface area is 139 Å². The van der Waals surface area contributed by atoms with E-state index in [0.29, 0.717) is 30.8 Å². The third-order valence-corrected chi connectivity index (χ3v) is 6.05. The van der Waals surface area contributed by atoms with Crippen molar-refractivity contribution in [2.24, 2.45) is 11.3 Å². The first kappa shape index (κ1) is 16.0. The van der Waals surface area contributed by atoms with Gasteiger partial charge in [0.2, 0.25) is 17.7 Å². The molecular weight excluding hydrogens is 316 g/mol. The van der Waals surface area contributed by atoms with Crippen molar-refractivity contribution in [1.29, 1.82) is 0 Å². The third kappa shape index (κ3) is 2.27. The Bertz CT molecular complexity index is 656. The lowest BCUT2D eigenvalue weighted by molar-refractivity contribution is -0.148. The summed E-state index contributed by atoms with van der Waals surface area (Å²) in [5.41, 5.74) is -2.00. The van der Waals surface area contributed by atoms with Gasteiger partial charge in [-0.1, -0.05) is 6.42 Å². The Morgan fingerprint density at radius 2 is 2.08 bits per heavy atom. The van der Waals surface area contributed by atoms with Crippen molar-refractivity contribution >= 4 is 5.91 Å². The van der Waals surface area contributed by atoms with Crippen LogP contribution in [0, 0.1) is 11.3 Å². The highest BCUT2D eigenvalue weighted by molar-refractivity contribution is 5.83. The summed E-state index contributed by atoms with van der Waals surface area (Å²) < 4.78 is 32.4. The van der Waals surface area contributed by atoms with Crippen molar-refractivity contribution in [3.63, 3.8) is 0 Å². The first-order valence-corrected chi connectivity index (χ1v) is 8.76. The average Bonchev–Trinajstić information content (AvgIpc) is 2.97. The number of hydrogen-bond donors (Lipinski definition) is 0. The maximum Gasteiger partial charge on any atom is 0.252 e. The SMILES string of the molecule is CC(C)(C(=O)N1C[C@@H]2CCC[C@]2(c2nnc(C3CC3)o2)C1)C(F)F. The molecule has 1 saturated heterocycles. The van der Waals surface area contributed by atoms with Crippen molar-refractivity contribution in [2.75, 3.05) is 13.1 Å². The number of carbonyl (C=O) groups excluding carboxylic acids is 1. The van der Waals surface area contributed by atoms with Crippen LogP contribution in [-0.4, -0.2) is 40.5 Å². The van der Waals surface area contributed by atoms with E-state index < -0.39 is 17.7 Å². The van der Waals surface area contributed by atoms with Crippen LogP contribution in [-0.2, 0) is 10.2 Å². The lowest BCUT2D eigenvalue weighted by Gasteiger charge is -2.30. The summed E-state index contributed by atoms with van der Waals surface area (Å²) in [6.45, 7) is 3.56. The molecule has 1 aromatic heterocycles. The largest absolute Gasteiger partial charge is 0.424 e. The van der Waals surface area contributed by atoms with Gasteiger partial charge in [0.05, 0.1) is 5.41 Å². The Balaban J connectivity index is 1.60. The molecule has 2 saturated carbocycles. The zero-order valence-corrected chi connectivity index (χ0v) is 14.1. The fourth-order valence-electron chi connectivity index (χ4n) is 4.23. The molecule has 2 atom stereocenters. The van der Waals surface area contributed by atoms with Gasteiger partial charge in [-0.3, -0.25) is 4.79 Å². The highest BCUT2D eigenvalue weighted by Gasteiger charge is 2.57. The van der Waals surface area contributed by atoms with Crippen molar-refractivity contribution in [2.45, 2.75) is 63.7 Å². The van der Waals surface area contributed by atoms with Crippen LogP contribution in [0.2, 0.25) is 0 Å². The van der Waals surface area contributed by atoms with Crippen molar-refractivity contribution in [3.8, 4) is 0 Å². The van der Waals surface area contributed by atoms with Crippen LogP contribution >= 0.6 is 0 Å². The van der Waals surface area contributed by atoms with Gasteiger partial charge in [-0.25, -0.2) is 8.78 Å². The molecule has 0 radical (unpaired) electrons. The van der Waals surface area contributed by atoms with E-state index in [2.05, 4.69) is 10.2 Å². The second kappa shape index (κ2) is 5.23. The van der Waals surface area contributed by atoms with Crippen molar-refractivity contribution in [3.05, 3.63) is 11.8 Å². The Hall–Kier alpha value is -1.53. The lowest BCUT2D eigenvalue weighted by atomic mass is 9.80. The predicted octanol–water partition coefficient (Wildman–Crippen LogP) is 3.12. The molecule has 0 unspecified atom stereocenters. The van der Waals surface area contributed by atoms with E-state index in [0.717, 1.165) is 32.1 Å². The molecule has 0 N–H and O–H groups in total. The third-order valence-electron chi connectivity index (χ3n) is 6.05. The second-order valence-corrected chi connectivity index (χ2v) is 8.17. The van der Waals surface area contributed by atoms with Gasteiger partial charge in [0.15, 0.2) is 0 Å². The molecule has 0 spiro atoms. The maximum atomic E-state index is 13.2. The standard InChI is InChI=1S/C17H23F2N3O2/c1-16(2,13(18)19)15(23)22-8-11-4-3-7-17(11,9-22)14-21-20-12(24-14)10-5-6-10/h10-11,13H,3-9H2,1-2H3/t11-,17-/m0/s1. The maximum absolute atomic E-state index is 13.2. The van der Waals surface area contributed by atoms with Crippen LogP contribution in [0.5, 0.6) is 0 Å². The fraction of sp³-hybridized carbons (Fsp3) is 0.824. The summed E-state index contributed by atoms with van der Waals surface area (Å²) in [5.74, 6) is 1.44. The van der Waals surface area contributed by atoms with Crippen LogP contribution in [0.25, 0.3) is 0 Å². The van der Waals surface area contributed by atoms with E-state index in [1.54, 1.807) is 4.90 Å². The van der Waals surface area contributed by atoms with E-state index in [1.807, 2.05) is 0 Å². The van der Waals surface area contributed by atoms with Gasteiger partial charge in [-0.2, -0.15) is 0 Å². The number of nitrogens with zero attached hydrogens (tertiary/aromatic N) is 3. The molecule has 7 heteroatoms. The van der Waals surface area contributed by atoms with Gasteiger partial charge in [0, 0.05) is 19.0 Å². The lowest BCUT2D eigenvalue weighted by Crippen LogP contribution is -2.45. The van der Waals surface area contributed by atoms with E-state index in [9.17, 15) is 13.6 Å². The monoisotopic (exact) mass is 339 g/mol. The Kier molecular flexibility index (Phi) is 3.48. The van der Waals surface area contributed by atoms with Crippen molar-refractivity contribution < 1.29 is 18.0 Å². The van der Waals surface area contributed by atoms with E-state index in [-0.39, 0.29) is 11.3 Å². The first-order valence-electron chi connectivity index (χ1n) is 8.76. The number of rotatable bonds is 4. The van der Waals surface area contributed by atoms with Crippen LogP contribution in [0.15, 0.2) is 4.42 Å². The molecule has 2 aliphatic carbocycles. The average molecular weight is 339 g/mol. The number of halogens is 2. The van der Waals surface area contributed by atoms with E-state index in [4.69, 9.17) is 4.42 Å². The molecule has 1 amide bonds. The summed E-state index contributed by atoms with van der Waals surface area (Å²) in [4.78, 5) is 14.2. The van der Waals surface area contributed by atoms with E-state index >= 15 is 0 Å². The Morgan fingerprint density at radius 1 is 1.33 bits per heavy atom. The van der Waals surface area contributed by atoms with Gasteiger partial charge in [0.25, 0.3) is 6.43 Å². The zero-order chi connectivity index (χ0) is 17.1. The minimum atomic E-state index is -2.67. The first-order chi connectivity index (χ1) is 11.3. The van der Waals surface area contributed by atoms with Gasteiger partial charge in [0.1, 0.15) is 5.41 Å². The number of hydrogen-bond acceptors (Lipinski definition) is 4. The Morgan fingerprint density at radius 3 is 2.75 bits per heavy atom. The summed E-state index contributed by atoms with van der Waals surface area (Å²) in [5, 5.41) is 8.47. The molecule has 5 nitrogen and oxygen atoms in total. The van der Waals surface area contributed by atoms with Gasteiger partial charge < -0.3 is 9.32 Å². The van der Waals surface area contributed by atoms with Gasteiger partial charge in [-0.05, 0) is 45.4 Å². The number of carbonyl (C=O) groups is 1. The van der Waals surface area contributed by atoms with E-state index in [1.165, 1.54) is 13.8 Å². The summed E-state index contributed by atoms with van der Waals surface area (Å²) in [7, 11) is 0. The van der Waals surface area contributed by atoms with Crippen LogP contribution < -0.4 is 0 Å². The second-order valence-electron chi connectivity index (χ2n) is 8.17. The normalized spacial score (nSPS) is 30.2. The molecule has 0 bridgehead atoms. The predicted molar refractivity (Wildman–Crippen MR) is 81.7 cm³/mol. The van der Waals surface area contributed by atoms with Crippen LogP contribution in [0.4, 0.5) is 8.78 Å². The highest BCUT2D eigenvalue weighted by atomic mass is 19.3. The van der Waals surface area contributed by atoms with Gasteiger partial charge >= 0.3 is 0 Å². The van der Waals surface area contributed by atoms with Crippen LogP contribution in [0.3, 0.4) is 0 Å². The molecular formula is C17H23F2N3O2. The van der Waals surface area contributed by atoms with Crippen LogP contribution in [0.1, 0.15) is 63.7 Å². The molecule has 132 valence electrons. The summed E-state index contributed by atoms with van der Waals surface area (Å²) in [6.07, 6.45) is 2.40. The number of likely N-dealkylation sites (tertiary alicyclic amines) is 1. The van der Waals surface area contributed by atoms with Gasteiger partial charge in [-0.15, -0.1) is 10.2 Å². The minimum Gasteiger partial charge on any atom is -0.424 e. The highest BCUT2D eigenvalue weighted by Crippen LogP contribution is 2.51. The fourth-order valence-corrected chi connectivity index (χ4v) is 4.23. The molecule has 2 heterocycles. The quantitative estimate of drug-likeness (QED) is 0.846. The molecule has 4 rings (SSSR count). The molecule has 1 aliphatic heterocycles. The smallest absolute Gasteiger partial charge is 0.252 e. The number of amides is 1. The zero-order valence-electron chi connectivity index (χ0n) is 14.1. The molecule has 3 aliphatic rings. The molecule has 1 aromatic rings. The number of fused-ring (bicyclic) bond motifs is 1. The summed E-state index contributed by atoms with van der Waals surface area (Å²) in [6, 6.07) is 0. The number of alkyl halides is 2. The summed E-state index contributed by atoms with van der Waals surface area (Å²) >= 11 is 0. The number of aromatic nitrogens is 2. The minimum absolute atomic E-state index is 0.224. The van der Waals surface area contributed by atoms with Crippen molar-refractivity contribution in [1.82, 2.24) is 15.1 Å².